The number of carbonyl (C=O) groups is 2. The van der Waals surface area contributed by atoms with E-state index in [9.17, 15) is 81.4 Å². The minimum atomic E-state index is -2.03. The summed E-state index contributed by atoms with van der Waals surface area (Å²) in [6.45, 7) is 9.58. The Hall–Kier alpha value is -2.16. The maximum Gasteiger partial charge on any atom is 0.317 e. The molecule has 0 aromatic rings. The number of ether oxygens (including phenoxy) is 8. The Morgan fingerprint density at radius 2 is 1.04 bits per heavy atom. The average molecular weight is 1140 g/mol. The second kappa shape index (κ2) is 22.4. The lowest BCUT2D eigenvalue weighted by Crippen LogP contribution is -2.67. The lowest BCUT2D eigenvalue weighted by molar-refractivity contribution is -0.363. The second-order valence-electron chi connectivity index (χ2n) is 26.1. The van der Waals surface area contributed by atoms with Crippen LogP contribution in [0.15, 0.2) is 11.6 Å². The van der Waals surface area contributed by atoms with Crippen LogP contribution < -0.4 is 0 Å². The summed E-state index contributed by atoms with van der Waals surface area (Å²) in [7, 11) is 0. The molecule has 8 fully saturated rings. The first kappa shape index (κ1) is 61.4. The molecule has 9 aliphatic rings. The summed E-state index contributed by atoms with van der Waals surface area (Å²) in [5.74, 6) is -2.42. The Morgan fingerprint density at radius 3 is 1.63 bits per heavy atom. The van der Waals surface area contributed by atoms with E-state index in [-0.39, 0.29) is 17.8 Å². The smallest absolute Gasteiger partial charge is 0.317 e. The number of esters is 2. The highest BCUT2D eigenvalue weighted by Crippen LogP contribution is 2.76. The number of allylic oxidation sites excluding steroid dienone is 2. The number of hydrogen-bond donors (Lipinski definition) is 15. The molecule has 0 bridgehead atoms. The van der Waals surface area contributed by atoms with Crippen molar-refractivity contribution < 1.29 is 124 Å². The molecule has 4 heterocycles. The van der Waals surface area contributed by atoms with Gasteiger partial charge in [-0.05, 0) is 111 Å². The molecular weight excluding hydrogens is 1050 g/mol. The number of fused-ring (bicyclic) bond motifs is 7. The van der Waals surface area contributed by atoms with Gasteiger partial charge in [0.05, 0.1) is 43.4 Å². The SMILES string of the molecule is CC1(C)CC[C@]2(C(=O)O[C@H]3O[C@@H](CO[C@H]4O[C@@H](CO)[C@@H](O)[C@@H](O)[C@@H]4O)[C@@H](O)[C@@H](O[C@H]4O[C@@H](CO)[C@H](O)[C@@H](O)[C@@H]4O)[C@@H]3O)CC[C@]3(C)C(=CC[C@@H]4[C@@]5(C)CC[C@H](O)[C@@](C)(C(=O)O[C@@H]6O[C@H](CO)[C@H](O)[C@H](O)[C@H]6O)[C@H]5CC[C@]43C)[C@@H]2C1. The minimum absolute atomic E-state index is 0.0459. The maximum atomic E-state index is 15.5. The molecule has 5 aliphatic carbocycles. The summed E-state index contributed by atoms with van der Waals surface area (Å²) in [5, 5.41) is 160. The minimum Gasteiger partial charge on any atom is -0.432 e. The van der Waals surface area contributed by atoms with Crippen LogP contribution >= 0.6 is 0 Å². The van der Waals surface area contributed by atoms with E-state index in [2.05, 4.69) is 40.7 Å². The number of carbonyl (C=O) groups excluding carboxylic acids is 2. The molecule has 0 radical (unpaired) electrons. The zero-order valence-corrected chi connectivity index (χ0v) is 45.6. The first-order valence-electron chi connectivity index (χ1n) is 28.0. The third-order valence-electron chi connectivity index (χ3n) is 21.5. The van der Waals surface area contributed by atoms with Crippen molar-refractivity contribution in [3.8, 4) is 0 Å². The molecule has 0 unspecified atom stereocenters. The van der Waals surface area contributed by atoms with Gasteiger partial charge in [-0.25, -0.2) is 0 Å². The molecule has 25 heteroatoms. The normalized spacial score (nSPS) is 53.5. The van der Waals surface area contributed by atoms with Crippen molar-refractivity contribution in [3.63, 3.8) is 0 Å². The number of aliphatic hydroxyl groups excluding tert-OH is 15. The van der Waals surface area contributed by atoms with Crippen molar-refractivity contribution in [2.24, 2.45) is 50.2 Å². The van der Waals surface area contributed by atoms with Crippen molar-refractivity contribution in [1.82, 2.24) is 0 Å². The van der Waals surface area contributed by atoms with Crippen molar-refractivity contribution in [2.75, 3.05) is 26.4 Å². The monoisotopic (exact) mass is 1130 g/mol. The quantitative estimate of drug-likeness (QED) is 0.0665. The van der Waals surface area contributed by atoms with E-state index in [4.69, 9.17) is 37.9 Å². The van der Waals surface area contributed by atoms with E-state index in [0.717, 1.165) is 5.57 Å². The Labute approximate surface area is 457 Å². The van der Waals surface area contributed by atoms with Crippen LogP contribution in [0.4, 0.5) is 0 Å². The van der Waals surface area contributed by atoms with Gasteiger partial charge in [-0.3, -0.25) is 9.59 Å². The van der Waals surface area contributed by atoms with E-state index in [1.807, 2.05) is 0 Å². The van der Waals surface area contributed by atoms with Crippen molar-refractivity contribution in [3.05, 3.63) is 11.6 Å². The summed E-state index contributed by atoms with van der Waals surface area (Å²) in [6.07, 6.45) is -29.1. The Balaban J connectivity index is 0.991. The fourth-order valence-corrected chi connectivity index (χ4v) is 16.2. The molecule has 4 aliphatic heterocycles. The lowest BCUT2D eigenvalue weighted by atomic mass is 9.33. The third kappa shape index (κ3) is 9.95. The van der Waals surface area contributed by atoms with Crippen molar-refractivity contribution >= 4 is 11.9 Å². The second-order valence-corrected chi connectivity index (χ2v) is 26.1. The predicted molar refractivity (Wildman–Crippen MR) is 264 cm³/mol. The zero-order chi connectivity index (χ0) is 57.9. The zero-order valence-electron chi connectivity index (χ0n) is 45.6. The third-order valence-corrected chi connectivity index (χ3v) is 21.5. The van der Waals surface area contributed by atoms with Crippen LogP contribution in [-0.4, -0.2) is 244 Å². The van der Waals surface area contributed by atoms with Gasteiger partial charge < -0.3 is 114 Å². The Bertz CT molecular complexity index is 2220. The molecule has 4 saturated heterocycles. The van der Waals surface area contributed by atoms with Gasteiger partial charge >= 0.3 is 11.9 Å². The summed E-state index contributed by atoms with van der Waals surface area (Å²) in [5.41, 5.74) is -3.34. The standard InChI is InChI=1S/C54H86O25/c1-49(2)13-15-54(48(71)79-46-41(69)42(77-44-39(67)36(64)32(60)25(19-56)74-44)34(62)27(76-46)21-72-43-38(66)35(63)31(59)24(18-55)73-43)16-14-51(4)22(23(54)17-49)7-8-28-50(3)11-10-30(58)53(6,29(50)9-12-52(28,51)5)47(70)78-45-40(68)37(65)33(61)26(20-57)75-45/h7,23-46,55-69H,8-21H2,1-6H3/t23-,24-,25-,26+,27-,28+,29-,30-,31+,32-,33-,34+,35+,36+,37-,38-,39-,40+,41-,42+,43-,44+,45-,46+,50+,51+,52+,53-,54-/m0/s1. The highest BCUT2D eigenvalue weighted by Gasteiger charge is 2.72. The molecule has 9 rings (SSSR count). The number of rotatable bonds is 12. The summed E-state index contributed by atoms with van der Waals surface area (Å²) in [6, 6.07) is 0. The van der Waals surface area contributed by atoms with E-state index in [1.165, 1.54) is 0 Å². The summed E-state index contributed by atoms with van der Waals surface area (Å²) >= 11 is 0. The number of aliphatic hydroxyl groups is 15. The molecular formula is C54H86O25. The van der Waals surface area contributed by atoms with Crippen LogP contribution in [0.1, 0.15) is 106 Å². The topological polar surface area (TPSA) is 411 Å². The van der Waals surface area contributed by atoms with Gasteiger partial charge in [-0.2, -0.15) is 0 Å². The highest BCUT2D eigenvalue weighted by molar-refractivity contribution is 5.79. The van der Waals surface area contributed by atoms with Crippen LogP contribution in [-0.2, 0) is 47.5 Å². The van der Waals surface area contributed by atoms with E-state index in [1.54, 1.807) is 6.92 Å². The average Bonchev–Trinajstić information content (AvgIpc) is 3.58. The number of hydrogen-bond acceptors (Lipinski definition) is 25. The lowest BCUT2D eigenvalue weighted by Gasteiger charge is -2.71. The van der Waals surface area contributed by atoms with Gasteiger partial charge in [-0.15, -0.1) is 0 Å². The van der Waals surface area contributed by atoms with Crippen LogP contribution in [0.5, 0.6) is 0 Å². The van der Waals surface area contributed by atoms with Crippen LogP contribution in [0.2, 0.25) is 0 Å². The highest BCUT2D eigenvalue weighted by atomic mass is 16.8. The van der Waals surface area contributed by atoms with Crippen LogP contribution in [0, 0.1) is 50.2 Å². The van der Waals surface area contributed by atoms with Crippen molar-refractivity contribution in [2.45, 2.75) is 235 Å². The molecule has 0 aromatic carbocycles. The first-order chi connectivity index (χ1) is 37.0. The molecule has 0 aromatic heterocycles. The van der Waals surface area contributed by atoms with Crippen LogP contribution in [0.3, 0.4) is 0 Å². The van der Waals surface area contributed by atoms with E-state index < -0.39 is 206 Å². The first-order valence-corrected chi connectivity index (χ1v) is 28.0. The summed E-state index contributed by atoms with van der Waals surface area (Å²) < 4.78 is 46.5. The van der Waals surface area contributed by atoms with E-state index in [0.29, 0.717) is 57.8 Å². The fourth-order valence-electron chi connectivity index (χ4n) is 16.2. The van der Waals surface area contributed by atoms with Gasteiger partial charge in [0.1, 0.15) is 97.7 Å². The van der Waals surface area contributed by atoms with Gasteiger partial charge in [0.15, 0.2) is 12.6 Å². The Morgan fingerprint density at radius 1 is 0.532 bits per heavy atom. The molecule has 0 amide bonds. The maximum absolute atomic E-state index is 15.5. The molecule has 4 saturated carbocycles. The fraction of sp³-hybridized carbons (Fsp3) is 0.926. The molecule has 452 valence electrons. The van der Waals surface area contributed by atoms with Gasteiger partial charge in [0.25, 0.3) is 0 Å². The largest absolute Gasteiger partial charge is 0.432 e. The van der Waals surface area contributed by atoms with Gasteiger partial charge in [0, 0.05) is 0 Å². The van der Waals surface area contributed by atoms with Crippen molar-refractivity contribution in [1.29, 1.82) is 0 Å². The molecule has 0 spiro atoms. The van der Waals surface area contributed by atoms with Gasteiger partial charge in [-0.1, -0.05) is 46.3 Å². The molecule has 25 nitrogen and oxygen atoms in total. The Kier molecular flexibility index (Phi) is 17.4. The molecule has 15 N–H and O–H groups in total. The van der Waals surface area contributed by atoms with Crippen LogP contribution in [0.25, 0.3) is 0 Å². The summed E-state index contributed by atoms with van der Waals surface area (Å²) in [4.78, 5) is 30.0. The predicted octanol–water partition coefficient (Wildman–Crippen LogP) is -3.54. The van der Waals surface area contributed by atoms with Gasteiger partial charge in [0.2, 0.25) is 12.6 Å². The molecule has 79 heavy (non-hydrogen) atoms. The molecule has 29 atom stereocenters. The van der Waals surface area contributed by atoms with E-state index >= 15 is 4.79 Å².